The van der Waals surface area contributed by atoms with Crippen LogP contribution in [0.15, 0.2) is 72.8 Å². The largest absolute Gasteiger partial charge is 0.519 e. The summed E-state index contributed by atoms with van der Waals surface area (Å²) in [5.74, 6) is -0.302. The molecular formula is C27H12Cl2N4O7. The van der Waals surface area contributed by atoms with Gasteiger partial charge in [-0.05, 0) is 24.3 Å². The van der Waals surface area contributed by atoms with Crippen molar-refractivity contribution in [1.29, 1.82) is 10.5 Å². The maximum absolute atomic E-state index is 12.9. The van der Waals surface area contributed by atoms with Crippen LogP contribution in [0.3, 0.4) is 0 Å². The van der Waals surface area contributed by atoms with E-state index >= 15 is 0 Å². The average Bonchev–Trinajstić information content (AvgIpc) is 2.93. The molecule has 0 heterocycles. The van der Waals surface area contributed by atoms with Gasteiger partial charge < -0.3 is 9.47 Å². The number of rotatable bonds is 6. The van der Waals surface area contributed by atoms with Crippen LogP contribution in [-0.4, -0.2) is 16.0 Å². The molecule has 40 heavy (non-hydrogen) atoms. The van der Waals surface area contributed by atoms with Gasteiger partial charge >= 0.3 is 6.16 Å². The van der Waals surface area contributed by atoms with Gasteiger partial charge in [0.1, 0.15) is 11.5 Å². The van der Waals surface area contributed by atoms with Crippen LogP contribution < -0.4 is 9.47 Å². The van der Waals surface area contributed by atoms with Crippen molar-refractivity contribution < 1.29 is 24.1 Å². The standard InChI is InChI=1S/C27H12Cl2N4O7/c28-19-9-15(13-30)11-21(32(35)36)25(19)17-5-1-3-7-23(17)39-27(34)40-24-8-4-2-6-18(24)26-20(29)10-16(14-31)12-22(26)33(37)38/h1-12H. The third kappa shape index (κ3) is 5.51. The highest BCUT2D eigenvalue weighted by Gasteiger charge is 2.26. The van der Waals surface area contributed by atoms with Gasteiger partial charge in [0.2, 0.25) is 0 Å². The fourth-order valence-electron chi connectivity index (χ4n) is 3.86. The third-order valence-electron chi connectivity index (χ3n) is 5.49. The Morgan fingerprint density at radius 1 is 0.700 bits per heavy atom. The number of nitro benzene ring substituents is 2. The summed E-state index contributed by atoms with van der Waals surface area (Å²) in [5.41, 5.74) is -1.08. The van der Waals surface area contributed by atoms with Crippen molar-refractivity contribution in [1.82, 2.24) is 0 Å². The van der Waals surface area contributed by atoms with E-state index in [1.54, 1.807) is 12.1 Å². The molecule has 4 aromatic carbocycles. The second kappa shape index (κ2) is 11.5. The monoisotopic (exact) mass is 574 g/mol. The van der Waals surface area contributed by atoms with E-state index in [-0.39, 0.29) is 54.9 Å². The van der Waals surface area contributed by atoms with Crippen molar-refractivity contribution in [2.75, 3.05) is 0 Å². The topological polar surface area (TPSA) is 169 Å². The molecule has 0 aliphatic rings. The maximum Gasteiger partial charge on any atom is 0.519 e. The number of carbonyl (C=O) groups is 1. The summed E-state index contributed by atoms with van der Waals surface area (Å²) in [6.45, 7) is 0. The summed E-state index contributed by atoms with van der Waals surface area (Å²) < 4.78 is 10.7. The molecule has 0 aliphatic heterocycles. The Bertz CT molecular complexity index is 1670. The normalized spacial score (nSPS) is 10.2. The van der Waals surface area contributed by atoms with Crippen LogP contribution >= 0.6 is 23.2 Å². The highest BCUT2D eigenvalue weighted by atomic mass is 35.5. The number of carbonyl (C=O) groups excluding carboxylic acids is 1. The van der Waals surface area contributed by atoms with E-state index in [0.29, 0.717) is 0 Å². The van der Waals surface area contributed by atoms with Gasteiger partial charge in [-0.1, -0.05) is 59.6 Å². The minimum atomic E-state index is -1.28. The molecule has 0 aliphatic carbocycles. The number of ether oxygens (including phenoxy) is 2. The maximum atomic E-state index is 12.9. The van der Waals surface area contributed by atoms with Crippen LogP contribution in [-0.2, 0) is 0 Å². The molecule has 11 nitrogen and oxygen atoms in total. The van der Waals surface area contributed by atoms with E-state index in [9.17, 15) is 25.0 Å². The van der Waals surface area contributed by atoms with Crippen molar-refractivity contribution in [3.8, 4) is 45.9 Å². The predicted molar refractivity (Wildman–Crippen MR) is 143 cm³/mol. The van der Waals surface area contributed by atoms with Gasteiger partial charge in [-0.15, -0.1) is 0 Å². The molecule has 4 rings (SSSR count). The molecule has 0 unspecified atom stereocenters. The van der Waals surface area contributed by atoms with Gasteiger partial charge in [-0.25, -0.2) is 4.79 Å². The lowest BCUT2D eigenvalue weighted by atomic mass is 10.0. The molecule has 0 N–H and O–H groups in total. The van der Waals surface area contributed by atoms with Crippen LogP contribution in [0.25, 0.3) is 22.3 Å². The molecular weight excluding hydrogens is 563 g/mol. The molecule has 0 fully saturated rings. The number of benzene rings is 4. The van der Waals surface area contributed by atoms with Gasteiger partial charge in [0.15, 0.2) is 0 Å². The first-order valence-corrected chi connectivity index (χ1v) is 11.7. The lowest BCUT2D eigenvalue weighted by Gasteiger charge is -2.14. The molecule has 4 aromatic rings. The van der Waals surface area contributed by atoms with E-state index in [4.69, 9.17) is 43.2 Å². The van der Waals surface area contributed by atoms with E-state index in [2.05, 4.69) is 0 Å². The molecule has 0 bridgehead atoms. The van der Waals surface area contributed by atoms with Crippen LogP contribution in [0.4, 0.5) is 16.2 Å². The molecule has 0 atom stereocenters. The predicted octanol–water partition coefficient (Wildman–Crippen LogP) is 7.46. The third-order valence-corrected chi connectivity index (χ3v) is 6.09. The van der Waals surface area contributed by atoms with Gasteiger partial charge in [0.05, 0.1) is 54.3 Å². The molecule has 13 heteroatoms. The van der Waals surface area contributed by atoms with E-state index in [1.807, 2.05) is 0 Å². The minimum absolute atomic E-state index is 0.0366. The Labute approximate surface area is 235 Å². The Kier molecular flexibility index (Phi) is 7.91. The van der Waals surface area contributed by atoms with E-state index in [1.165, 1.54) is 60.7 Å². The van der Waals surface area contributed by atoms with Crippen molar-refractivity contribution >= 4 is 40.7 Å². The van der Waals surface area contributed by atoms with Crippen molar-refractivity contribution in [2.24, 2.45) is 0 Å². The zero-order valence-corrected chi connectivity index (χ0v) is 21.3. The molecule has 0 saturated heterocycles. The number of hydrogen-bond acceptors (Lipinski definition) is 9. The summed E-state index contributed by atoms with van der Waals surface area (Å²) in [7, 11) is 0. The quantitative estimate of drug-likeness (QED) is 0.0979. The van der Waals surface area contributed by atoms with Crippen LogP contribution in [0.2, 0.25) is 10.0 Å². The summed E-state index contributed by atoms with van der Waals surface area (Å²) in [6, 6.07) is 19.8. The highest BCUT2D eigenvalue weighted by Crippen LogP contribution is 2.43. The molecule has 0 aromatic heterocycles. The Balaban J connectivity index is 1.73. The number of halogens is 2. The molecule has 0 radical (unpaired) electrons. The summed E-state index contributed by atoms with van der Waals surface area (Å²) in [6.07, 6.45) is -1.28. The van der Waals surface area contributed by atoms with Crippen LogP contribution in [0, 0.1) is 42.9 Å². The Hall–Kier alpha value is -5.49. The molecule has 0 saturated carbocycles. The lowest BCUT2D eigenvalue weighted by Crippen LogP contribution is -2.15. The van der Waals surface area contributed by atoms with Gasteiger partial charge in [-0.3, -0.25) is 20.2 Å². The average molecular weight is 575 g/mol. The number of hydrogen-bond donors (Lipinski definition) is 0. The smallest absolute Gasteiger partial charge is 0.394 e. The fraction of sp³-hybridized carbons (Fsp3) is 0. The van der Waals surface area contributed by atoms with E-state index < -0.39 is 27.4 Å². The second-order valence-corrected chi connectivity index (χ2v) is 8.70. The minimum Gasteiger partial charge on any atom is -0.394 e. The first kappa shape index (κ1) is 27.5. The number of para-hydroxylation sites is 2. The fourth-order valence-corrected chi connectivity index (χ4v) is 4.49. The summed E-state index contributed by atoms with van der Waals surface area (Å²) >= 11 is 12.6. The Morgan fingerprint density at radius 3 is 1.43 bits per heavy atom. The van der Waals surface area contributed by atoms with Crippen molar-refractivity contribution in [2.45, 2.75) is 0 Å². The Morgan fingerprint density at radius 2 is 1.07 bits per heavy atom. The first-order valence-electron chi connectivity index (χ1n) is 11.0. The van der Waals surface area contributed by atoms with E-state index in [0.717, 1.165) is 12.1 Å². The van der Waals surface area contributed by atoms with Crippen molar-refractivity contribution in [3.63, 3.8) is 0 Å². The number of nitro groups is 2. The number of nitrogens with zero attached hydrogens (tertiary/aromatic N) is 4. The van der Waals surface area contributed by atoms with Crippen LogP contribution in [0.5, 0.6) is 11.5 Å². The zero-order valence-electron chi connectivity index (χ0n) is 19.8. The van der Waals surface area contributed by atoms with Gasteiger partial charge in [-0.2, -0.15) is 10.5 Å². The summed E-state index contributed by atoms with van der Waals surface area (Å²) in [4.78, 5) is 34.9. The first-order chi connectivity index (χ1) is 19.1. The second-order valence-electron chi connectivity index (χ2n) is 7.89. The zero-order chi connectivity index (χ0) is 29.0. The van der Waals surface area contributed by atoms with Crippen LogP contribution in [0.1, 0.15) is 11.1 Å². The van der Waals surface area contributed by atoms with Crippen molar-refractivity contribution in [3.05, 3.63) is 114 Å². The van der Waals surface area contributed by atoms with Gasteiger partial charge in [0.25, 0.3) is 11.4 Å². The molecule has 0 amide bonds. The van der Waals surface area contributed by atoms with Gasteiger partial charge in [0, 0.05) is 23.3 Å². The number of nitriles is 2. The lowest BCUT2D eigenvalue weighted by molar-refractivity contribution is -0.384. The molecule has 0 spiro atoms. The summed E-state index contributed by atoms with van der Waals surface area (Å²) in [5, 5.41) is 41.5. The highest BCUT2D eigenvalue weighted by molar-refractivity contribution is 6.34. The SMILES string of the molecule is N#Cc1cc(Cl)c(-c2ccccc2OC(=O)Oc2ccccc2-c2c(Cl)cc(C#N)cc2[N+](=O)[O-])c([N+](=O)[O-])c1. The molecule has 196 valence electrons.